The van der Waals surface area contributed by atoms with Crippen molar-refractivity contribution in [2.24, 2.45) is 0 Å². The number of aromatic amines is 1. The van der Waals surface area contributed by atoms with Gasteiger partial charge in [0, 0.05) is 0 Å². The normalized spacial score (nSPS) is 11.8. The molecule has 20 heavy (non-hydrogen) atoms. The minimum absolute atomic E-state index is 0.273. The third-order valence-electron chi connectivity index (χ3n) is 2.84. The summed E-state index contributed by atoms with van der Waals surface area (Å²) < 4.78 is 10.3. The van der Waals surface area contributed by atoms with E-state index in [9.17, 15) is 4.79 Å². The Morgan fingerprint density at radius 2 is 2.15 bits per heavy atom. The topological polar surface area (TPSA) is 89.1 Å². The third kappa shape index (κ3) is 2.87. The molecule has 2 aromatic rings. The average molecular weight is 276 g/mol. The Morgan fingerprint density at radius 1 is 1.35 bits per heavy atom. The molecule has 1 unspecified atom stereocenters. The minimum atomic E-state index is -0.291. The minimum Gasteiger partial charge on any atom is -0.497 e. The maximum Gasteiger partial charge on any atom is 0.255 e. The maximum atomic E-state index is 12.3. The highest BCUT2D eigenvalue weighted by atomic mass is 16.5. The van der Waals surface area contributed by atoms with Crippen LogP contribution in [0.2, 0.25) is 0 Å². The first-order chi connectivity index (χ1) is 9.65. The molecule has 7 heteroatoms. The molecular weight excluding hydrogens is 260 g/mol. The van der Waals surface area contributed by atoms with Gasteiger partial charge in [-0.15, -0.1) is 0 Å². The summed E-state index contributed by atoms with van der Waals surface area (Å²) in [4.78, 5) is 16.3. The number of amides is 1. The van der Waals surface area contributed by atoms with Crippen molar-refractivity contribution in [2.45, 2.75) is 13.0 Å². The molecule has 0 saturated heterocycles. The van der Waals surface area contributed by atoms with Crippen molar-refractivity contribution in [3.63, 3.8) is 0 Å². The zero-order chi connectivity index (χ0) is 14.5. The number of rotatable bonds is 5. The van der Waals surface area contributed by atoms with E-state index in [1.165, 1.54) is 13.4 Å². The van der Waals surface area contributed by atoms with Crippen LogP contribution in [-0.4, -0.2) is 35.3 Å². The van der Waals surface area contributed by atoms with Crippen LogP contribution in [0.1, 0.15) is 29.1 Å². The molecule has 0 aliphatic rings. The summed E-state index contributed by atoms with van der Waals surface area (Å²) in [5.41, 5.74) is 0.401. The summed E-state index contributed by atoms with van der Waals surface area (Å²) >= 11 is 0. The number of hydrogen-bond donors (Lipinski definition) is 2. The summed E-state index contributed by atoms with van der Waals surface area (Å²) in [6, 6.07) is 4.75. The van der Waals surface area contributed by atoms with Crippen LogP contribution in [0.4, 0.5) is 0 Å². The van der Waals surface area contributed by atoms with Gasteiger partial charge in [-0.3, -0.25) is 9.89 Å². The van der Waals surface area contributed by atoms with Crippen molar-refractivity contribution in [2.75, 3.05) is 14.2 Å². The number of carbonyl (C=O) groups is 1. The molecule has 0 saturated carbocycles. The first-order valence-electron chi connectivity index (χ1n) is 6.04. The van der Waals surface area contributed by atoms with Crippen molar-refractivity contribution < 1.29 is 14.3 Å². The molecule has 0 aliphatic carbocycles. The third-order valence-corrected chi connectivity index (χ3v) is 2.84. The van der Waals surface area contributed by atoms with Gasteiger partial charge in [0.15, 0.2) is 0 Å². The molecule has 7 nitrogen and oxygen atoms in total. The summed E-state index contributed by atoms with van der Waals surface area (Å²) in [5.74, 6) is 1.38. The number of methoxy groups -OCH3 is 2. The molecule has 1 aromatic carbocycles. The number of hydrogen-bond acceptors (Lipinski definition) is 5. The zero-order valence-corrected chi connectivity index (χ0v) is 11.5. The van der Waals surface area contributed by atoms with E-state index in [0.717, 1.165) is 0 Å². The lowest BCUT2D eigenvalue weighted by atomic mass is 10.1. The lowest BCUT2D eigenvalue weighted by Gasteiger charge is -2.14. The second-order valence-electron chi connectivity index (χ2n) is 4.13. The first-order valence-corrected chi connectivity index (χ1v) is 6.04. The molecular formula is C13H16N4O3. The molecule has 2 N–H and O–H groups in total. The van der Waals surface area contributed by atoms with Crippen LogP contribution in [0.3, 0.4) is 0 Å². The van der Waals surface area contributed by atoms with Crippen molar-refractivity contribution in [3.05, 3.63) is 35.9 Å². The molecule has 1 heterocycles. The van der Waals surface area contributed by atoms with Gasteiger partial charge in [0.1, 0.15) is 23.7 Å². The van der Waals surface area contributed by atoms with E-state index in [1.54, 1.807) is 25.3 Å². The van der Waals surface area contributed by atoms with E-state index >= 15 is 0 Å². The van der Waals surface area contributed by atoms with Gasteiger partial charge >= 0.3 is 0 Å². The number of aromatic nitrogens is 3. The monoisotopic (exact) mass is 276 g/mol. The zero-order valence-electron chi connectivity index (χ0n) is 11.5. The van der Waals surface area contributed by atoms with Crippen LogP contribution in [-0.2, 0) is 0 Å². The molecule has 0 radical (unpaired) electrons. The highest BCUT2D eigenvalue weighted by Gasteiger charge is 2.17. The number of nitrogens with one attached hydrogen (secondary N) is 2. The van der Waals surface area contributed by atoms with Gasteiger partial charge in [-0.25, -0.2) is 4.98 Å². The van der Waals surface area contributed by atoms with E-state index in [-0.39, 0.29) is 11.9 Å². The molecule has 106 valence electrons. The van der Waals surface area contributed by atoms with E-state index < -0.39 is 0 Å². The van der Waals surface area contributed by atoms with Crippen molar-refractivity contribution in [1.82, 2.24) is 20.5 Å². The number of H-pyrrole nitrogens is 1. The molecule has 0 bridgehead atoms. The SMILES string of the molecule is COc1ccc(OC)c(C(=O)NC(C)c2ncn[nH]2)c1. The Hall–Kier alpha value is -2.57. The van der Waals surface area contributed by atoms with Gasteiger partial charge in [0.05, 0.1) is 25.8 Å². The first kappa shape index (κ1) is 13.9. The second kappa shape index (κ2) is 6.05. The van der Waals surface area contributed by atoms with Gasteiger partial charge in [-0.05, 0) is 25.1 Å². The average Bonchev–Trinajstić information content (AvgIpc) is 3.00. The predicted octanol–water partition coefficient (Wildman–Crippen LogP) is 1.31. The van der Waals surface area contributed by atoms with Crippen LogP contribution in [0, 0.1) is 0 Å². The number of ether oxygens (including phenoxy) is 2. The molecule has 2 rings (SSSR count). The number of carbonyl (C=O) groups excluding carboxylic acids is 1. The van der Waals surface area contributed by atoms with Crippen molar-refractivity contribution in [1.29, 1.82) is 0 Å². The van der Waals surface area contributed by atoms with Crippen molar-refractivity contribution >= 4 is 5.91 Å². The van der Waals surface area contributed by atoms with E-state index in [2.05, 4.69) is 20.5 Å². The molecule has 1 atom stereocenters. The summed E-state index contributed by atoms with van der Waals surface area (Å²) in [6.07, 6.45) is 1.39. The van der Waals surface area contributed by atoms with Gasteiger partial charge in [-0.1, -0.05) is 0 Å². The Balaban J connectivity index is 2.20. The van der Waals surface area contributed by atoms with Crippen LogP contribution in [0.25, 0.3) is 0 Å². The van der Waals surface area contributed by atoms with E-state index in [0.29, 0.717) is 22.9 Å². The fourth-order valence-corrected chi connectivity index (χ4v) is 1.76. The van der Waals surface area contributed by atoms with Gasteiger partial charge < -0.3 is 14.8 Å². The predicted molar refractivity (Wildman–Crippen MR) is 71.8 cm³/mol. The molecule has 1 amide bonds. The fraction of sp³-hybridized carbons (Fsp3) is 0.308. The number of nitrogens with zero attached hydrogens (tertiary/aromatic N) is 2. The highest BCUT2D eigenvalue weighted by molar-refractivity contribution is 5.97. The Kier molecular flexibility index (Phi) is 4.19. The highest BCUT2D eigenvalue weighted by Crippen LogP contribution is 2.24. The van der Waals surface area contributed by atoms with Gasteiger partial charge in [-0.2, -0.15) is 5.10 Å². The van der Waals surface area contributed by atoms with E-state index in [4.69, 9.17) is 9.47 Å². The lowest BCUT2D eigenvalue weighted by Crippen LogP contribution is -2.27. The van der Waals surface area contributed by atoms with Crippen LogP contribution in [0.15, 0.2) is 24.5 Å². The molecule has 0 fully saturated rings. The summed E-state index contributed by atoms with van der Waals surface area (Å²) in [7, 11) is 3.05. The Bertz CT molecular complexity index is 583. The smallest absolute Gasteiger partial charge is 0.255 e. The number of benzene rings is 1. The van der Waals surface area contributed by atoms with Gasteiger partial charge in [0.2, 0.25) is 0 Å². The fourth-order valence-electron chi connectivity index (χ4n) is 1.76. The maximum absolute atomic E-state index is 12.3. The quantitative estimate of drug-likeness (QED) is 0.859. The lowest BCUT2D eigenvalue weighted by molar-refractivity contribution is 0.0935. The van der Waals surface area contributed by atoms with Crippen LogP contribution < -0.4 is 14.8 Å². The Morgan fingerprint density at radius 3 is 2.75 bits per heavy atom. The Labute approximate surface area is 116 Å². The standard InChI is InChI=1S/C13H16N4O3/c1-8(12-14-7-15-17-12)16-13(18)10-6-9(19-2)4-5-11(10)20-3/h4-8H,1-3H3,(H,16,18)(H,14,15,17). The van der Waals surface area contributed by atoms with Crippen LogP contribution in [0.5, 0.6) is 11.5 Å². The van der Waals surface area contributed by atoms with Crippen LogP contribution >= 0.6 is 0 Å². The largest absolute Gasteiger partial charge is 0.497 e. The van der Waals surface area contributed by atoms with E-state index in [1.807, 2.05) is 6.92 Å². The van der Waals surface area contributed by atoms with Gasteiger partial charge in [0.25, 0.3) is 5.91 Å². The second-order valence-corrected chi connectivity index (χ2v) is 4.13. The molecule has 1 aromatic heterocycles. The molecule has 0 spiro atoms. The van der Waals surface area contributed by atoms with Crippen molar-refractivity contribution in [3.8, 4) is 11.5 Å². The summed E-state index contributed by atoms with van der Waals surface area (Å²) in [5, 5.41) is 9.28. The summed E-state index contributed by atoms with van der Waals surface area (Å²) in [6.45, 7) is 1.81. The molecule has 0 aliphatic heterocycles.